The third kappa shape index (κ3) is 15.7. The molecule has 0 radical (unpaired) electrons. The van der Waals surface area contributed by atoms with Crippen molar-refractivity contribution < 1.29 is 4.74 Å². The molecule has 0 saturated carbocycles. The van der Waals surface area contributed by atoms with Gasteiger partial charge in [0, 0.05) is 0 Å². The van der Waals surface area contributed by atoms with E-state index in [1.165, 1.54) is 115 Å². The minimum absolute atomic E-state index is 0.863. The second-order valence-electron chi connectivity index (χ2n) is 8.32. The monoisotopic (exact) mass is 374 g/mol. The Kier molecular flexibility index (Phi) is 16.4. The number of ether oxygens (including phenoxy) is 1. The van der Waals surface area contributed by atoms with E-state index < -0.39 is 0 Å². The van der Waals surface area contributed by atoms with Crippen molar-refractivity contribution in [1.82, 2.24) is 0 Å². The van der Waals surface area contributed by atoms with Crippen molar-refractivity contribution in [2.75, 3.05) is 6.61 Å². The summed E-state index contributed by atoms with van der Waals surface area (Å²) in [5, 5.41) is 0. The first-order valence-corrected chi connectivity index (χ1v) is 12.0. The molecule has 0 aliphatic rings. The summed E-state index contributed by atoms with van der Waals surface area (Å²) < 4.78 is 5.79. The van der Waals surface area contributed by atoms with Crippen LogP contribution in [0.25, 0.3) is 0 Å². The summed E-state index contributed by atoms with van der Waals surface area (Å²) in [6.07, 6.45) is 24.1. The molecule has 1 aromatic carbocycles. The summed E-state index contributed by atoms with van der Waals surface area (Å²) in [5.74, 6) is 1.01. The first kappa shape index (κ1) is 24.1. The normalized spacial score (nSPS) is 11.0. The zero-order chi connectivity index (χ0) is 19.4. The van der Waals surface area contributed by atoms with Crippen LogP contribution >= 0.6 is 0 Å². The number of benzene rings is 1. The van der Waals surface area contributed by atoms with E-state index in [9.17, 15) is 0 Å². The van der Waals surface area contributed by atoms with Crippen LogP contribution in [0.3, 0.4) is 0 Å². The van der Waals surface area contributed by atoms with Gasteiger partial charge in [-0.15, -0.1) is 0 Å². The fourth-order valence-electron chi connectivity index (χ4n) is 3.65. The molecule has 0 spiro atoms. The molecule has 0 atom stereocenters. The minimum Gasteiger partial charge on any atom is -0.494 e. The molecule has 0 N–H and O–H groups in total. The van der Waals surface area contributed by atoms with Crippen LogP contribution in [0.4, 0.5) is 0 Å². The summed E-state index contributed by atoms with van der Waals surface area (Å²) in [6, 6.07) is 8.37. The Morgan fingerprint density at radius 2 is 0.889 bits per heavy atom. The van der Waals surface area contributed by atoms with Crippen LogP contribution in [0.5, 0.6) is 5.75 Å². The molecule has 0 heterocycles. The summed E-state index contributed by atoms with van der Waals surface area (Å²) in [6.45, 7) is 5.27. The van der Waals surface area contributed by atoms with Crippen molar-refractivity contribution in [1.29, 1.82) is 0 Å². The maximum Gasteiger partial charge on any atom is 0.119 e. The van der Waals surface area contributed by atoms with Gasteiger partial charge in [0.15, 0.2) is 0 Å². The Bertz CT molecular complexity index is 409. The molecule has 1 heteroatoms. The van der Waals surface area contributed by atoms with Crippen molar-refractivity contribution in [3.63, 3.8) is 0 Å². The fraction of sp³-hybridized carbons (Fsp3) is 0.769. The Morgan fingerprint density at radius 3 is 1.30 bits per heavy atom. The third-order valence-corrected chi connectivity index (χ3v) is 5.54. The maximum atomic E-state index is 5.79. The highest BCUT2D eigenvalue weighted by Gasteiger charge is 1.96. The summed E-state index contributed by atoms with van der Waals surface area (Å²) >= 11 is 0. The van der Waals surface area contributed by atoms with Gasteiger partial charge in [0.1, 0.15) is 5.75 Å². The molecule has 1 aromatic rings. The van der Waals surface area contributed by atoms with E-state index in [1.54, 1.807) is 0 Å². The predicted molar refractivity (Wildman–Crippen MR) is 121 cm³/mol. The van der Waals surface area contributed by atoms with Crippen molar-refractivity contribution in [3.8, 4) is 5.75 Å². The highest BCUT2D eigenvalue weighted by atomic mass is 16.5. The second kappa shape index (κ2) is 18.4. The quantitative estimate of drug-likeness (QED) is 0.219. The van der Waals surface area contributed by atoms with E-state index in [-0.39, 0.29) is 0 Å². The Hall–Kier alpha value is -0.980. The van der Waals surface area contributed by atoms with Crippen LogP contribution in [-0.4, -0.2) is 6.61 Å². The molecule has 0 aromatic heterocycles. The van der Waals surface area contributed by atoms with Crippen molar-refractivity contribution in [3.05, 3.63) is 29.8 Å². The number of unbranched alkanes of at least 4 members (excludes halogenated alkanes) is 16. The van der Waals surface area contributed by atoms with E-state index >= 15 is 0 Å². The topological polar surface area (TPSA) is 9.23 Å². The molecule has 0 aliphatic heterocycles. The first-order valence-electron chi connectivity index (χ1n) is 12.0. The maximum absolute atomic E-state index is 5.79. The van der Waals surface area contributed by atoms with Crippen molar-refractivity contribution in [2.24, 2.45) is 0 Å². The number of rotatable bonds is 19. The summed E-state index contributed by atoms with van der Waals surface area (Å²) in [5.41, 5.74) is 1.29. The van der Waals surface area contributed by atoms with Gasteiger partial charge >= 0.3 is 0 Å². The van der Waals surface area contributed by atoms with E-state index in [0.29, 0.717) is 0 Å². The molecule has 27 heavy (non-hydrogen) atoms. The van der Waals surface area contributed by atoms with Crippen LogP contribution in [0, 0.1) is 6.92 Å². The molecule has 0 bridgehead atoms. The second-order valence-corrected chi connectivity index (χ2v) is 8.32. The first-order chi connectivity index (χ1) is 13.3. The summed E-state index contributed by atoms with van der Waals surface area (Å²) in [7, 11) is 0. The Balaban J connectivity index is 1.71. The van der Waals surface area contributed by atoms with E-state index in [0.717, 1.165) is 12.4 Å². The smallest absolute Gasteiger partial charge is 0.119 e. The fourth-order valence-corrected chi connectivity index (χ4v) is 3.65. The standard InChI is InChI=1S/C26H46O/c1-3-4-5-6-7-8-9-10-11-12-13-14-15-16-17-18-19-24-27-26-22-20-25(2)21-23-26/h20-23H,3-19,24H2,1-2H3. The molecule has 1 nitrogen and oxygen atoms in total. The lowest BCUT2D eigenvalue weighted by Crippen LogP contribution is -1.97. The van der Waals surface area contributed by atoms with E-state index in [4.69, 9.17) is 4.74 Å². The zero-order valence-corrected chi connectivity index (χ0v) is 18.4. The lowest BCUT2D eigenvalue weighted by molar-refractivity contribution is 0.304. The van der Waals surface area contributed by atoms with Crippen LogP contribution < -0.4 is 4.74 Å². The highest BCUT2D eigenvalue weighted by molar-refractivity contribution is 5.26. The van der Waals surface area contributed by atoms with Gasteiger partial charge in [0.2, 0.25) is 0 Å². The van der Waals surface area contributed by atoms with E-state index in [2.05, 4.69) is 38.1 Å². The molecule has 1 rings (SSSR count). The summed E-state index contributed by atoms with van der Waals surface area (Å²) in [4.78, 5) is 0. The van der Waals surface area contributed by atoms with Crippen molar-refractivity contribution in [2.45, 2.75) is 123 Å². The average Bonchev–Trinajstić information content (AvgIpc) is 2.68. The lowest BCUT2D eigenvalue weighted by atomic mass is 10.0. The van der Waals surface area contributed by atoms with Crippen LogP contribution in [0.1, 0.15) is 122 Å². The van der Waals surface area contributed by atoms with Gasteiger partial charge in [-0.1, -0.05) is 127 Å². The van der Waals surface area contributed by atoms with Crippen LogP contribution in [-0.2, 0) is 0 Å². The molecule has 0 unspecified atom stereocenters. The number of hydrogen-bond acceptors (Lipinski definition) is 1. The molecule has 0 saturated heterocycles. The van der Waals surface area contributed by atoms with Gasteiger partial charge in [-0.3, -0.25) is 0 Å². The molecule has 0 amide bonds. The zero-order valence-electron chi connectivity index (χ0n) is 18.4. The van der Waals surface area contributed by atoms with Gasteiger partial charge < -0.3 is 4.74 Å². The highest BCUT2D eigenvalue weighted by Crippen LogP contribution is 2.15. The van der Waals surface area contributed by atoms with Gasteiger partial charge in [-0.2, -0.15) is 0 Å². The predicted octanol–water partition coefficient (Wildman–Crippen LogP) is 9.03. The van der Waals surface area contributed by atoms with E-state index in [1.807, 2.05) is 0 Å². The minimum atomic E-state index is 0.863. The Morgan fingerprint density at radius 1 is 0.519 bits per heavy atom. The van der Waals surface area contributed by atoms with Crippen molar-refractivity contribution >= 4 is 0 Å². The van der Waals surface area contributed by atoms with Gasteiger partial charge in [-0.05, 0) is 25.5 Å². The molecule has 0 aliphatic carbocycles. The Labute approximate surface area is 170 Å². The largest absolute Gasteiger partial charge is 0.494 e. The average molecular weight is 375 g/mol. The molecular formula is C26H46O. The molecule has 0 fully saturated rings. The van der Waals surface area contributed by atoms with Gasteiger partial charge in [0.05, 0.1) is 6.61 Å². The number of hydrogen-bond donors (Lipinski definition) is 0. The SMILES string of the molecule is CCCCCCCCCCCCCCCCCCCOc1ccc(C)cc1. The van der Waals surface area contributed by atoms with Crippen LogP contribution in [0.15, 0.2) is 24.3 Å². The van der Waals surface area contributed by atoms with Gasteiger partial charge in [-0.25, -0.2) is 0 Å². The molecule has 156 valence electrons. The third-order valence-electron chi connectivity index (χ3n) is 5.54. The van der Waals surface area contributed by atoms with Gasteiger partial charge in [0.25, 0.3) is 0 Å². The van der Waals surface area contributed by atoms with Crippen LogP contribution in [0.2, 0.25) is 0 Å². The lowest BCUT2D eigenvalue weighted by Gasteiger charge is -2.06. The number of aryl methyl sites for hydroxylation is 1. The molecular weight excluding hydrogens is 328 g/mol.